The smallest absolute Gasteiger partial charge is 0.199 e. The highest BCUT2D eigenvalue weighted by atomic mass is 16.5. The lowest BCUT2D eigenvalue weighted by atomic mass is 9.86. The first-order valence-electron chi connectivity index (χ1n) is 11.9. The molecule has 3 rings (SSSR count). The van der Waals surface area contributed by atoms with E-state index >= 15 is 0 Å². The van der Waals surface area contributed by atoms with Gasteiger partial charge < -0.3 is 29.6 Å². The quantitative estimate of drug-likeness (QED) is 0.409. The van der Waals surface area contributed by atoms with Gasteiger partial charge in [-0.25, -0.2) is 0 Å². The molecule has 0 aliphatic heterocycles. The number of benzene rings is 1. The third-order valence-corrected chi connectivity index (χ3v) is 6.97. The lowest BCUT2D eigenvalue weighted by Gasteiger charge is -2.30. The van der Waals surface area contributed by atoms with Gasteiger partial charge in [-0.05, 0) is 77.8 Å². The number of hydrogen-bond acceptors (Lipinski definition) is 7. The molecule has 0 amide bonds. The van der Waals surface area contributed by atoms with Crippen LogP contribution in [0.1, 0.15) is 75.8 Å². The molecule has 0 fully saturated rings. The topological polar surface area (TPSA) is 120 Å². The number of fused-ring (bicyclic) bond motifs is 2. The van der Waals surface area contributed by atoms with Gasteiger partial charge in [-0.3, -0.25) is 4.79 Å². The van der Waals surface area contributed by atoms with Gasteiger partial charge in [-0.2, -0.15) is 0 Å². The van der Waals surface area contributed by atoms with Crippen LogP contribution in [0.5, 0.6) is 5.75 Å². The molecular weight excluding hydrogens is 436 g/mol. The molecular formula is C27H38O7. The summed E-state index contributed by atoms with van der Waals surface area (Å²) in [7, 11) is 1.54. The van der Waals surface area contributed by atoms with Crippen LogP contribution in [-0.2, 0) is 24.0 Å². The number of aryl methyl sites for hydroxylation is 2. The average molecular weight is 475 g/mol. The van der Waals surface area contributed by atoms with Crippen LogP contribution < -0.4 is 5.43 Å². The monoisotopic (exact) mass is 474 g/mol. The summed E-state index contributed by atoms with van der Waals surface area (Å²) in [5.41, 5.74) is 2.71. The number of phenolic OH excluding ortho intramolecular Hbond substituents is 1. The first kappa shape index (κ1) is 26.4. The van der Waals surface area contributed by atoms with Crippen molar-refractivity contribution in [3.05, 3.63) is 50.4 Å². The third-order valence-electron chi connectivity index (χ3n) is 6.97. The zero-order valence-corrected chi connectivity index (χ0v) is 21.0. The largest absolute Gasteiger partial charge is 0.507 e. The predicted molar refractivity (Wildman–Crippen MR) is 131 cm³/mol. The highest BCUT2D eigenvalue weighted by Gasteiger charge is 2.45. The third kappa shape index (κ3) is 5.08. The molecule has 0 bridgehead atoms. The number of allylic oxidation sites excluding steroid dienone is 2. The van der Waals surface area contributed by atoms with Crippen molar-refractivity contribution in [2.24, 2.45) is 5.92 Å². The molecule has 0 spiro atoms. The van der Waals surface area contributed by atoms with Crippen LogP contribution in [0.15, 0.2) is 27.1 Å². The van der Waals surface area contributed by atoms with Gasteiger partial charge in [-0.15, -0.1) is 0 Å². The predicted octanol–water partition coefficient (Wildman–Crippen LogP) is 3.70. The van der Waals surface area contributed by atoms with Crippen molar-refractivity contribution < 1.29 is 29.6 Å². The normalized spacial score (nSPS) is 19.8. The van der Waals surface area contributed by atoms with E-state index < -0.39 is 23.9 Å². The maximum atomic E-state index is 13.5. The number of rotatable bonds is 9. The Balaban J connectivity index is 2.22. The highest BCUT2D eigenvalue weighted by Crippen LogP contribution is 2.51. The average Bonchev–Trinajstić information content (AvgIpc) is 3.15. The second-order valence-corrected chi connectivity index (χ2v) is 10.3. The van der Waals surface area contributed by atoms with Gasteiger partial charge in [0.2, 0.25) is 0 Å². The minimum absolute atomic E-state index is 0.105. The second kappa shape index (κ2) is 10.2. The van der Waals surface area contributed by atoms with E-state index in [0.29, 0.717) is 29.6 Å². The van der Waals surface area contributed by atoms with E-state index in [-0.39, 0.29) is 35.3 Å². The van der Waals surface area contributed by atoms with Crippen LogP contribution >= 0.6 is 0 Å². The fourth-order valence-electron chi connectivity index (χ4n) is 4.98. The minimum atomic E-state index is -1.06. The summed E-state index contributed by atoms with van der Waals surface area (Å²) in [4.78, 5) is 13.5. The van der Waals surface area contributed by atoms with Gasteiger partial charge in [0.15, 0.2) is 5.43 Å². The Morgan fingerprint density at radius 2 is 1.97 bits per heavy atom. The lowest BCUT2D eigenvalue weighted by Crippen LogP contribution is -2.34. The van der Waals surface area contributed by atoms with Crippen molar-refractivity contribution in [2.75, 3.05) is 7.11 Å². The maximum absolute atomic E-state index is 13.5. The van der Waals surface area contributed by atoms with Crippen LogP contribution in [0.2, 0.25) is 0 Å². The summed E-state index contributed by atoms with van der Waals surface area (Å²) in [6.07, 6.45) is 3.31. The molecule has 4 N–H and O–H groups in total. The summed E-state index contributed by atoms with van der Waals surface area (Å²) in [6, 6.07) is 0. The molecule has 0 radical (unpaired) electrons. The Hall–Kier alpha value is -2.19. The fourth-order valence-corrected chi connectivity index (χ4v) is 4.98. The molecule has 1 heterocycles. The molecule has 2 aromatic rings. The van der Waals surface area contributed by atoms with Gasteiger partial charge in [0.25, 0.3) is 0 Å². The Bertz CT molecular complexity index is 1120. The molecule has 1 aliphatic carbocycles. The van der Waals surface area contributed by atoms with Gasteiger partial charge in [0.1, 0.15) is 16.7 Å². The second-order valence-electron chi connectivity index (χ2n) is 10.3. The van der Waals surface area contributed by atoms with Crippen molar-refractivity contribution in [1.29, 1.82) is 0 Å². The van der Waals surface area contributed by atoms with Crippen molar-refractivity contribution >= 4 is 11.0 Å². The van der Waals surface area contributed by atoms with Gasteiger partial charge in [0, 0.05) is 24.2 Å². The number of hydrogen-bond donors (Lipinski definition) is 4. The molecule has 7 nitrogen and oxygen atoms in total. The molecule has 0 saturated heterocycles. The molecule has 4 atom stereocenters. The Morgan fingerprint density at radius 1 is 1.29 bits per heavy atom. The summed E-state index contributed by atoms with van der Waals surface area (Å²) in [5.74, 6) is -0.464. The van der Waals surface area contributed by atoms with E-state index in [1.807, 2.05) is 13.8 Å². The van der Waals surface area contributed by atoms with Crippen LogP contribution in [0.25, 0.3) is 11.0 Å². The Morgan fingerprint density at radius 3 is 2.53 bits per heavy atom. The van der Waals surface area contributed by atoms with Gasteiger partial charge >= 0.3 is 0 Å². The number of methoxy groups -OCH3 is 1. The molecule has 34 heavy (non-hydrogen) atoms. The zero-order valence-electron chi connectivity index (χ0n) is 21.0. The standard InChI is InChI=1S/C27H38O7/c1-14(2)8-7-9-17-18-12-19(27(4,5)32)26(33-6)21(18)24(31)22-23(30)16(13-34-25(17)22)10-11-20(29)15(3)28/h8,13,15,19-20,26,28-29,31-32H,7,9-12H2,1-6H3. The van der Waals surface area contributed by atoms with E-state index in [2.05, 4.69) is 6.08 Å². The number of aromatic hydroxyl groups is 1. The van der Waals surface area contributed by atoms with E-state index in [9.17, 15) is 25.2 Å². The van der Waals surface area contributed by atoms with Crippen LogP contribution in [0, 0.1) is 5.92 Å². The van der Waals surface area contributed by atoms with E-state index in [1.54, 1.807) is 21.0 Å². The Kier molecular flexibility index (Phi) is 7.92. The minimum Gasteiger partial charge on any atom is -0.507 e. The number of ether oxygens (including phenoxy) is 1. The SMILES string of the molecule is COC1c2c(c(CCC=C(C)C)c3occ(CCC(O)C(C)O)c(=O)c3c2O)CC1C(C)(C)O. The van der Waals surface area contributed by atoms with E-state index in [0.717, 1.165) is 17.5 Å². The fraction of sp³-hybridized carbons (Fsp3) is 0.593. The maximum Gasteiger partial charge on any atom is 0.199 e. The van der Waals surface area contributed by atoms with E-state index in [1.165, 1.54) is 18.8 Å². The van der Waals surface area contributed by atoms with Crippen LogP contribution in [0.3, 0.4) is 0 Å². The molecule has 0 saturated carbocycles. The summed E-state index contributed by atoms with van der Waals surface area (Å²) in [5, 5.41) is 41.8. The lowest BCUT2D eigenvalue weighted by molar-refractivity contribution is -0.0555. The number of phenols is 1. The molecule has 1 aromatic heterocycles. The van der Waals surface area contributed by atoms with Crippen molar-refractivity contribution in [3.63, 3.8) is 0 Å². The summed E-state index contributed by atoms with van der Waals surface area (Å²) >= 11 is 0. The van der Waals surface area contributed by atoms with Gasteiger partial charge in [0.05, 0.1) is 30.2 Å². The number of aliphatic hydroxyl groups excluding tert-OH is 2. The summed E-state index contributed by atoms with van der Waals surface area (Å²) in [6.45, 7) is 9.00. The molecule has 7 heteroatoms. The van der Waals surface area contributed by atoms with Crippen LogP contribution in [0.4, 0.5) is 0 Å². The van der Waals surface area contributed by atoms with Crippen molar-refractivity contribution in [2.45, 2.75) is 90.6 Å². The van der Waals surface area contributed by atoms with Crippen molar-refractivity contribution in [3.8, 4) is 5.75 Å². The van der Waals surface area contributed by atoms with Gasteiger partial charge in [-0.1, -0.05) is 11.6 Å². The summed E-state index contributed by atoms with van der Waals surface area (Å²) < 4.78 is 11.7. The van der Waals surface area contributed by atoms with Crippen molar-refractivity contribution in [1.82, 2.24) is 0 Å². The molecule has 1 aliphatic rings. The molecule has 4 unspecified atom stereocenters. The molecule has 188 valence electrons. The first-order chi connectivity index (χ1) is 15.9. The zero-order chi connectivity index (χ0) is 25.4. The van der Waals surface area contributed by atoms with E-state index in [4.69, 9.17) is 9.15 Å². The number of aliphatic hydroxyl groups is 3. The Labute approximate surface area is 200 Å². The highest BCUT2D eigenvalue weighted by molar-refractivity contribution is 5.90. The van der Waals surface area contributed by atoms with Crippen LogP contribution in [-0.4, -0.2) is 45.3 Å². The molecule has 1 aromatic carbocycles. The first-order valence-corrected chi connectivity index (χ1v) is 11.9.